The summed E-state index contributed by atoms with van der Waals surface area (Å²) in [4.78, 5) is 38.8. The van der Waals surface area contributed by atoms with Gasteiger partial charge in [0.15, 0.2) is 11.5 Å². The predicted molar refractivity (Wildman–Crippen MR) is 143 cm³/mol. The molecule has 2 aliphatic rings. The summed E-state index contributed by atoms with van der Waals surface area (Å²) in [7, 11) is 1.58. The van der Waals surface area contributed by atoms with Crippen LogP contribution in [-0.2, 0) is 20.9 Å². The predicted octanol–water partition coefficient (Wildman–Crippen LogP) is 4.94. The van der Waals surface area contributed by atoms with Gasteiger partial charge in [0.1, 0.15) is 6.61 Å². The number of aliphatic carboxylic acids is 1. The maximum Gasteiger partial charge on any atom is 0.306 e. The molecule has 1 aliphatic heterocycles. The molecule has 4 rings (SSSR count). The molecule has 3 atom stereocenters. The highest BCUT2D eigenvalue weighted by atomic mass is 35.5. The van der Waals surface area contributed by atoms with Crippen LogP contribution in [0.25, 0.3) is 0 Å². The maximum atomic E-state index is 11.8. The summed E-state index contributed by atoms with van der Waals surface area (Å²) in [5.41, 5.74) is 2.17. The lowest BCUT2D eigenvalue weighted by Gasteiger charge is -2.32. The van der Waals surface area contributed by atoms with Gasteiger partial charge in [0.25, 0.3) is 0 Å². The van der Waals surface area contributed by atoms with Gasteiger partial charge in [-0.15, -0.1) is 0 Å². The van der Waals surface area contributed by atoms with Crippen molar-refractivity contribution in [3.63, 3.8) is 0 Å². The van der Waals surface area contributed by atoms with Crippen LogP contribution >= 0.6 is 11.6 Å². The fraction of sp³-hybridized carbons (Fsp3) is 0.483. The van der Waals surface area contributed by atoms with E-state index in [0.717, 1.165) is 30.5 Å². The van der Waals surface area contributed by atoms with Gasteiger partial charge in [0, 0.05) is 37.0 Å². The van der Waals surface area contributed by atoms with Crippen molar-refractivity contribution in [3.8, 4) is 11.5 Å². The fourth-order valence-corrected chi connectivity index (χ4v) is 5.52. The molecule has 0 unspecified atom stereocenters. The van der Waals surface area contributed by atoms with E-state index >= 15 is 0 Å². The molecule has 2 amide bonds. The summed E-state index contributed by atoms with van der Waals surface area (Å²) in [5, 5.41) is 10.1. The lowest BCUT2D eigenvalue weighted by Crippen LogP contribution is -2.33. The molecule has 0 aromatic heterocycles. The van der Waals surface area contributed by atoms with Crippen molar-refractivity contribution in [2.24, 2.45) is 11.8 Å². The minimum Gasteiger partial charge on any atom is -0.493 e. The smallest absolute Gasteiger partial charge is 0.306 e. The first kappa shape index (κ1) is 27.9. The normalized spacial score (nSPS) is 20.3. The summed E-state index contributed by atoms with van der Waals surface area (Å²) >= 11 is 6.11. The minimum absolute atomic E-state index is 0.0913. The van der Waals surface area contributed by atoms with E-state index in [1.807, 2.05) is 42.5 Å². The summed E-state index contributed by atoms with van der Waals surface area (Å²) in [6.07, 6.45) is 2.84. The number of likely N-dealkylation sites (tertiary alicyclic amines) is 1. The minimum atomic E-state index is -0.705. The average molecular weight is 543 g/mol. The number of carboxylic acids is 1. The third-order valence-corrected chi connectivity index (χ3v) is 7.88. The van der Waals surface area contributed by atoms with Crippen molar-refractivity contribution in [2.75, 3.05) is 26.8 Å². The number of benzene rings is 2. The average Bonchev–Trinajstić information content (AvgIpc) is 3.51. The number of rotatable bonds is 12. The van der Waals surface area contributed by atoms with Gasteiger partial charge < -0.3 is 14.6 Å². The summed E-state index contributed by atoms with van der Waals surface area (Å²) in [6, 6.07) is 13.7. The third-order valence-electron chi connectivity index (χ3n) is 7.62. The largest absolute Gasteiger partial charge is 0.493 e. The Labute approximate surface area is 228 Å². The van der Waals surface area contributed by atoms with Crippen LogP contribution in [0.2, 0.25) is 5.02 Å². The molecule has 2 aromatic carbocycles. The van der Waals surface area contributed by atoms with Gasteiger partial charge in [-0.3, -0.25) is 24.2 Å². The van der Waals surface area contributed by atoms with Crippen molar-refractivity contribution in [1.29, 1.82) is 0 Å². The Balaban J connectivity index is 1.46. The molecule has 0 spiro atoms. The Morgan fingerprint density at radius 3 is 2.45 bits per heavy atom. The summed E-state index contributed by atoms with van der Waals surface area (Å²) in [5.74, 6) is 0.144. The van der Waals surface area contributed by atoms with E-state index < -0.39 is 5.97 Å². The molecule has 0 radical (unpaired) electrons. The van der Waals surface area contributed by atoms with E-state index in [2.05, 4.69) is 11.8 Å². The van der Waals surface area contributed by atoms with Crippen LogP contribution in [-0.4, -0.2) is 59.5 Å². The molecule has 9 heteroatoms. The molecule has 1 heterocycles. The number of ether oxygens (including phenoxy) is 2. The third kappa shape index (κ3) is 6.85. The Kier molecular flexibility index (Phi) is 9.28. The lowest BCUT2D eigenvalue weighted by molar-refractivity contribution is -0.142. The molecule has 1 aliphatic carbocycles. The first-order valence-corrected chi connectivity index (χ1v) is 13.5. The highest BCUT2D eigenvalue weighted by Crippen LogP contribution is 2.35. The maximum absolute atomic E-state index is 11.8. The molecule has 8 nitrogen and oxygen atoms in total. The fourth-order valence-electron chi connectivity index (χ4n) is 5.39. The van der Waals surface area contributed by atoms with Crippen molar-refractivity contribution < 1.29 is 29.0 Å². The molecular weight excluding hydrogens is 508 g/mol. The van der Waals surface area contributed by atoms with Crippen molar-refractivity contribution in [3.05, 3.63) is 58.6 Å². The first-order chi connectivity index (χ1) is 18.2. The van der Waals surface area contributed by atoms with Gasteiger partial charge in [-0.05, 0) is 67.5 Å². The number of hydrogen-bond acceptors (Lipinski definition) is 6. The summed E-state index contributed by atoms with van der Waals surface area (Å²) in [6.45, 7) is 3.99. The van der Waals surface area contributed by atoms with E-state index in [1.54, 1.807) is 7.11 Å². The number of nitrogens with zero attached hydrogens (tertiary/aromatic N) is 2. The van der Waals surface area contributed by atoms with Gasteiger partial charge in [-0.2, -0.15) is 0 Å². The van der Waals surface area contributed by atoms with E-state index in [-0.39, 0.29) is 49.8 Å². The van der Waals surface area contributed by atoms with Crippen LogP contribution in [0, 0.1) is 11.8 Å². The number of carbonyl (C=O) groups excluding carboxylic acids is 2. The molecule has 38 heavy (non-hydrogen) atoms. The van der Waals surface area contributed by atoms with Crippen LogP contribution in [0.4, 0.5) is 0 Å². The van der Waals surface area contributed by atoms with Crippen molar-refractivity contribution in [1.82, 2.24) is 9.80 Å². The number of amides is 2. The Morgan fingerprint density at radius 1 is 1.11 bits per heavy atom. The Bertz CT molecular complexity index is 1140. The Morgan fingerprint density at radius 2 is 1.82 bits per heavy atom. The molecule has 1 N–H and O–H groups in total. The van der Waals surface area contributed by atoms with E-state index in [4.69, 9.17) is 21.1 Å². The van der Waals surface area contributed by atoms with Crippen LogP contribution in [0.5, 0.6) is 11.5 Å². The van der Waals surface area contributed by atoms with Crippen LogP contribution in [0.15, 0.2) is 42.5 Å². The Hall–Kier alpha value is -3.10. The molecule has 0 bridgehead atoms. The van der Waals surface area contributed by atoms with Crippen molar-refractivity contribution >= 4 is 29.4 Å². The standard InChI is InChI=1S/C29H35ClN2O6/c1-19(22-6-8-24(30)9-7-22)31(17-20-3-5-23(15-20)29(35)36)18-21-4-10-25(26(16-21)37-2)38-14-13-32-27(33)11-12-28(32)34/h4,6-10,16,19-20,23H,3,5,11-15,17-18H2,1-2H3,(H,35,36)/t19-,20+,23+/m0/s1. The number of methoxy groups -OCH3 is 1. The zero-order valence-corrected chi connectivity index (χ0v) is 22.7. The number of carboxylic acid groups (broad SMARTS) is 1. The van der Waals surface area contributed by atoms with Gasteiger partial charge in [0.2, 0.25) is 11.8 Å². The van der Waals surface area contributed by atoms with Gasteiger partial charge in [-0.1, -0.05) is 29.8 Å². The molecular formula is C29H35ClN2O6. The molecule has 2 fully saturated rings. The molecule has 1 saturated heterocycles. The SMILES string of the molecule is COc1cc(CN(C[C@@H]2CC[C@@H](C(=O)O)C2)[C@@H](C)c2ccc(Cl)cc2)ccc1OCCN1C(=O)CCC1=O. The number of carbonyl (C=O) groups is 3. The first-order valence-electron chi connectivity index (χ1n) is 13.1. The van der Waals surface area contributed by atoms with E-state index in [1.165, 1.54) is 4.90 Å². The highest BCUT2D eigenvalue weighted by Gasteiger charge is 2.32. The zero-order chi connectivity index (χ0) is 27.2. The van der Waals surface area contributed by atoms with Gasteiger partial charge in [-0.25, -0.2) is 0 Å². The topological polar surface area (TPSA) is 96.4 Å². The molecule has 2 aromatic rings. The van der Waals surface area contributed by atoms with Crippen molar-refractivity contribution in [2.45, 2.75) is 51.6 Å². The van der Waals surface area contributed by atoms with Crippen LogP contribution in [0.3, 0.4) is 0 Å². The number of hydrogen-bond donors (Lipinski definition) is 1. The summed E-state index contributed by atoms with van der Waals surface area (Å²) < 4.78 is 11.5. The zero-order valence-electron chi connectivity index (χ0n) is 21.9. The second kappa shape index (κ2) is 12.6. The second-order valence-corrected chi connectivity index (χ2v) is 10.6. The van der Waals surface area contributed by atoms with Crippen LogP contribution < -0.4 is 9.47 Å². The lowest BCUT2D eigenvalue weighted by atomic mass is 10.0. The quantitative estimate of drug-likeness (QED) is 0.379. The molecule has 1 saturated carbocycles. The van der Waals surface area contributed by atoms with Gasteiger partial charge in [0.05, 0.1) is 19.6 Å². The van der Waals surface area contributed by atoms with E-state index in [9.17, 15) is 19.5 Å². The highest BCUT2D eigenvalue weighted by molar-refractivity contribution is 6.30. The van der Waals surface area contributed by atoms with Gasteiger partial charge >= 0.3 is 5.97 Å². The molecule has 204 valence electrons. The van der Waals surface area contributed by atoms with Crippen LogP contribution in [0.1, 0.15) is 56.2 Å². The van der Waals surface area contributed by atoms with E-state index in [0.29, 0.717) is 35.4 Å². The number of halogens is 1. The number of imide groups is 1. The second-order valence-electron chi connectivity index (χ2n) is 10.1. The monoisotopic (exact) mass is 542 g/mol.